The van der Waals surface area contributed by atoms with Crippen LogP contribution in [-0.2, 0) is 4.79 Å². The van der Waals surface area contributed by atoms with Crippen molar-refractivity contribution in [3.8, 4) is 0 Å². The van der Waals surface area contributed by atoms with Gasteiger partial charge in [-0.05, 0) is 37.1 Å². The minimum Gasteiger partial charge on any atom is -0.478 e. The zero-order chi connectivity index (χ0) is 14.1. The van der Waals surface area contributed by atoms with Crippen LogP contribution in [0.5, 0.6) is 0 Å². The van der Waals surface area contributed by atoms with Crippen molar-refractivity contribution >= 4 is 17.6 Å². The van der Waals surface area contributed by atoms with Gasteiger partial charge in [0.2, 0.25) is 5.91 Å². The van der Waals surface area contributed by atoms with Gasteiger partial charge in [0.05, 0.1) is 5.56 Å². The van der Waals surface area contributed by atoms with Crippen LogP contribution in [-0.4, -0.2) is 17.0 Å². The number of anilines is 1. The molecule has 0 aliphatic heterocycles. The van der Waals surface area contributed by atoms with Gasteiger partial charge in [0, 0.05) is 11.1 Å². The molecule has 4 heteroatoms. The third kappa shape index (κ3) is 3.09. The molecule has 0 spiro atoms. The molecule has 1 aromatic carbocycles. The van der Waals surface area contributed by atoms with Crippen molar-refractivity contribution < 1.29 is 14.7 Å². The van der Waals surface area contributed by atoms with Crippen LogP contribution in [0, 0.1) is 19.3 Å². The molecule has 0 atom stereocenters. The average molecular weight is 249 g/mol. The normalized spacial score (nSPS) is 11.2. The van der Waals surface area contributed by atoms with E-state index in [2.05, 4.69) is 5.32 Å². The number of amides is 1. The number of benzene rings is 1. The summed E-state index contributed by atoms with van der Waals surface area (Å²) in [7, 11) is 0. The molecule has 1 rings (SSSR count). The molecule has 2 N–H and O–H groups in total. The van der Waals surface area contributed by atoms with Crippen LogP contribution in [0.1, 0.15) is 42.3 Å². The predicted molar refractivity (Wildman–Crippen MR) is 71.0 cm³/mol. The predicted octanol–water partition coefficient (Wildman–Crippen LogP) is 2.99. The molecule has 0 aromatic heterocycles. The van der Waals surface area contributed by atoms with Crippen molar-refractivity contribution in [3.05, 3.63) is 28.8 Å². The van der Waals surface area contributed by atoms with E-state index < -0.39 is 11.4 Å². The Morgan fingerprint density at radius 3 is 2.17 bits per heavy atom. The molecular weight excluding hydrogens is 230 g/mol. The molecule has 0 saturated heterocycles. The molecule has 4 nitrogen and oxygen atoms in total. The van der Waals surface area contributed by atoms with E-state index >= 15 is 0 Å². The van der Waals surface area contributed by atoms with E-state index in [0.29, 0.717) is 5.69 Å². The van der Waals surface area contributed by atoms with E-state index in [1.165, 1.54) is 6.07 Å². The number of carboxylic acids is 1. The Morgan fingerprint density at radius 2 is 1.72 bits per heavy atom. The molecule has 1 aromatic rings. The fourth-order valence-corrected chi connectivity index (χ4v) is 1.47. The van der Waals surface area contributed by atoms with Crippen molar-refractivity contribution in [2.45, 2.75) is 34.6 Å². The zero-order valence-electron chi connectivity index (χ0n) is 11.4. The fraction of sp³-hybridized carbons (Fsp3) is 0.429. The van der Waals surface area contributed by atoms with Gasteiger partial charge in [-0.3, -0.25) is 4.79 Å². The van der Waals surface area contributed by atoms with Crippen molar-refractivity contribution in [2.75, 3.05) is 5.32 Å². The molecule has 0 aliphatic rings. The summed E-state index contributed by atoms with van der Waals surface area (Å²) in [6.45, 7) is 9.01. The number of rotatable bonds is 2. The average Bonchev–Trinajstić information content (AvgIpc) is 2.21. The third-order valence-electron chi connectivity index (χ3n) is 2.84. The summed E-state index contributed by atoms with van der Waals surface area (Å²) < 4.78 is 0. The van der Waals surface area contributed by atoms with E-state index in [0.717, 1.165) is 11.1 Å². The maximum atomic E-state index is 11.9. The first-order valence-electron chi connectivity index (χ1n) is 5.79. The standard InChI is InChI=1S/C14H19NO3/c1-8-6-10(15-13(18)14(3,4)5)7-11(9(8)2)12(16)17/h6-7H,1-5H3,(H,15,18)(H,16,17). The summed E-state index contributed by atoms with van der Waals surface area (Å²) in [5.74, 6) is -1.12. The smallest absolute Gasteiger partial charge is 0.336 e. The number of carbonyl (C=O) groups excluding carboxylic acids is 1. The molecule has 0 unspecified atom stereocenters. The van der Waals surface area contributed by atoms with Crippen molar-refractivity contribution in [1.82, 2.24) is 0 Å². The van der Waals surface area contributed by atoms with Crippen LogP contribution < -0.4 is 5.32 Å². The number of carbonyl (C=O) groups is 2. The first-order chi connectivity index (χ1) is 8.12. The lowest BCUT2D eigenvalue weighted by atomic mass is 9.95. The van der Waals surface area contributed by atoms with E-state index in [9.17, 15) is 9.59 Å². The van der Waals surface area contributed by atoms with Gasteiger partial charge >= 0.3 is 5.97 Å². The Kier molecular flexibility index (Phi) is 3.79. The number of aryl methyl sites for hydroxylation is 1. The summed E-state index contributed by atoms with van der Waals surface area (Å²) in [5, 5.41) is 11.8. The quantitative estimate of drug-likeness (QED) is 0.846. The Hall–Kier alpha value is -1.84. The van der Waals surface area contributed by atoms with E-state index in [-0.39, 0.29) is 11.5 Å². The molecule has 0 bridgehead atoms. The zero-order valence-corrected chi connectivity index (χ0v) is 11.4. The molecule has 0 radical (unpaired) electrons. The highest BCUT2D eigenvalue weighted by Crippen LogP contribution is 2.22. The van der Waals surface area contributed by atoms with Gasteiger partial charge in [-0.15, -0.1) is 0 Å². The fourth-order valence-electron chi connectivity index (χ4n) is 1.47. The van der Waals surface area contributed by atoms with Gasteiger partial charge in [-0.1, -0.05) is 20.8 Å². The van der Waals surface area contributed by atoms with Gasteiger partial charge < -0.3 is 10.4 Å². The van der Waals surface area contributed by atoms with Crippen molar-refractivity contribution in [3.63, 3.8) is 0 Å². The summed E-state index contributed by atoms with van der Waals surface area (Å²) in [5.41, 5.74) is 1.80. The van der Waals surface area contributed by atoms with Crippen LogP contribution in [0.3, 0.4) is 0 Å². The van der Waals surface area contributed by atoms with Crippen LogP contribution in [0.4, 0.5) is 5.69 Å². The van der Waals surface area contributed by atoms with Gasteiger partial charge in [-0.2, -0.15) is 0 Å². The number of aromatic carboxylic acids is 1. The molecule has 0 aliphatic carbocycles. The largest absolute Gasteiger partial charge is 0.478 e. The highest BCUT2D eigenvalue weighted by Gasteiger charge is 2.22. The van der Waals surface area contributed by atoms with E-state index in [1.807, 2.05) is 27.7 Å². The maximum absolute atomic E-state index is 11.9. The number of carboxylic acid groups (broad SMARTS) is 1. The molecule has 0 fully saturated rings. The molecule has 1 amide bonds. The number of nitrogens with one attached hydrogen (secondary N) is 1. The minimum absolute atomic E-state index is 0.137. The van der Waals surface area contributed by atoms with Crippen LogP contribution in [0.15, 0.2) is 12.1 Å². The Bertz CT molecular complexity index is 498. The highest BCUT2D eigenvalue weighted by atomic mass is 16.4. The number of hydrogen-bond acceptors (Lipinski definition) is 2. The molecule has 98 valence electrons. The lowest BCUT2D eigenvalue weighted by Gasteiger charge is -2.18. The molecule has 0 saturated carbocycles. The van der Waals surface area contributed by atoms with E-state index in [1.54, 1.807) is 13.0 Å². The molecular formula is C14H19NO3. The number of hydrogen-bond donors (Lipinski definition) is 2. The van der Waals surface area contributed by atoms with Gasteiger partial charge in [-0.25, -0.2) is 4.79 Å². The second-order valence-corrected chi connectivity index (χ2v) is 5.47. The second-order valence-electron chi connectivity index (χ2n) is 5.47. The Morgan fingerprint density at radius 1 is 1.17 bits per heavy atom. The monoisotopic (exact) mass is 249 g/mol. The second kappa shape index (κ2) is 4.80. The first kappa shape index (κ1) is 14.2. The maximum Gasteiger partial charge on any atom is 0.336 e. The van der Waals surface area contributed by atoms with Crippen LogP contribution in [0.2, 0.25) is 0 Å². The summed E-state index contributed by atoms with van der Waals surface area (Å²) >= 11 is 0. The Labute approximate surface area is 107 Å². The summed E-state index contributed by atoms with van der Waals surface area (Å²) in [6, 6.07) is 3.28. The van der Waals surface area contributed by atoms with Gasteiger partial charge in [0.15, 0.2) is 0 Å². The topological polar surface area (TPSA) is 66.4 Å². The van der Waals surface area contributed by atoms with Crippen LogP contribution >= 0.6 is 0 Å². The third-order valence-corrected chi connectivity index (χ3v) is 2.84. The van der Waals surface area contributed by atoms with Gasteiger partial charge in [0.25, 0.3) is 0 Å². The highest BCUT2D eigenvalue weighted by molar-refractivity contribution is 5.97. The van der Waals surface area contributed by atoms with E-state index in [4.69, 9.17) is 5.11 Å². The molecule has 18 heavy (non-hydrogen) atoms. The Balaban J connectivity index is 3.13. The van der Waals surface area contributed by atoms with Crippen molar-refractivity contribution in [2.24, 2.45) is 5.41 Å². The molecule has 0 heterocycles. The first-order valence-corrected chi connectivity index (χ1v) is 5.79. The lowest BCUT2D eigenvalue weighted by Crippen LogP contribution is -2.27. The minimum atomic E-state index is -0.984. The summed E-state index contributed by atoms with van der Waals surface area (Å²) in [6.07, 6.45) is 0. The SMILES string of the molecule is Cc1cc(NC(=O)C(C)(C)C)cc(C(=O)O)c1C. The summed E-state index contributed by atoms with van der Waals surface area (Å²) in [4.78, 5) is 22.9. The van der Waals surface area contributed by atoms with Gasteiger partial charge in [0.1, 0.15) is 0 Å². The van der Waals surface area contributed by atoms with Crippen LogP contribution in [0.25, 0.3) is 0 Å². The van der Waals surface area contributed by atoms with Crippen molar-refractivity contribution in [1.29, 1.82) is 0 Å². The lowest BCUT2D eigenvalue weighted by molar-refractivity contribution is -0.123.